The number of hydrogen-bond donors (Lipinski definition) is 1. The van der Waals surface area contributed by atoms with Crippen molar-refractivity contribution in [2.24, 2.45) is 5.73 Å². The van der Waals surface area contributed by atoms with Crippen LogP contribution in [0.5, 0.6) is 5.75 Å². The van der Waals surface area contributed by atoms with Crippen molar-refractivity contribution in [3.8, 4) is 5.75 Å². The lowest BCUT2D eigenvalue weighted by atomic mass is 10.1. The fourth-order valence-electron chi connectivity index (χ4n) is 1.86. The minimum absolute atomic E-state index is 0.241. The second-order valence-electron chi connectivity index (χ2n) is 4.17. The van der Waals surface area contributed by atoms with Crippen molar-refractivity contribution < 1.29 is 9.13 Å². The van der Waals surface area contributed by atoms with Gasteiger partial charge in [0.1, 0.15) is 18.2 Å². The van der Waals surface area contributed by atoms with Crippen LogP contribution in [0.15, 0.2) is 18.2 Å². The summed E-state index contributed by atoms with van der Waals surface area (Å²) in [7, 11) is 0. The fraction of sp³-hybridized carbons (Fsp3) is 0.571. The number of hydrogen-bond acceptors (Lipinski definition) is 3. The lowest BCUT2D eigenvalue weighted by molar-refractivity contribution is 0.221. The number of benzene rings is 1. The second-order valence-corrected chi connectivity index (χ2v) is 4.17. The van der Waals surface area contributed by atoms with Gasteiger partial charge in [-0.2, -0.15) is 0 Å². The Morgan fingerprint density at radius 3 is 2.61 bits per heavy atom. The van der Waals surface area contributed by atoms with E-state index in [0.717, 1.165) is 30.9 Å². The largest absolute Gasteiger partial charge is 0.492 e. The van der Waals surface area contributed by atoms with Crippen LogP contribution in [0.3, 0.4) is 0 Å². The molecule has 0 amide bonds. The first kappa shape index (κ1) is 14.9. The van der Waals surface area contributed by atoms with Crippen molar-refractivity contribution in [3.05, 3.63) is 29.6 Å². The summed E-state index contributed by atoms with van der Waals surface area (Å²) >= 11 is 0. The molecule has 0 heterocycles. The average Bonchev–Trinajstić information content (AvgIpc) is 2.37. The molecule has 0 saturated carbocycles. The lowest BCUT2D eigenvalue weighted by Gasteiger charge is -2.19. The van der Waals surface area contributed by atoms with Gasteiger partial charge < -0.3 is 15.4 Å². The molecule has 0 unspecified atom stereocenters. The minimum atomic E-state index is -0.241. The smallest absolute Gasteiger partial charge is 0.123 e. The van der Waals surface area contributed by atoms with Gasteiger partial charge in [-0.25, -0.2) is 4.39 Å². The average molecular weight is 254 g/mol. The molecule has 0 radical (unpaired) electrons. The standard InChI is InChI=1S/C14H23FN2O/c1-3-17(4-2)9-10-18-14-6-5-13(15)11-12(14)7-8-16/h5-6,11H,3-4,7-10,16H2,1-2H3. The van der Waals surface area contributed by atoms with E-state index in [1.165, 1.54) is 12.1 Å². The Balaban J connectivity index is 2.55. The molecular weight excluding hydrogens is 231 g/mol. The van der Waals surface area contributed by atoms with Crippen LogP contribution in [-0.2, 0) is 6.42 Å². The molecule has 1 aromatic carbocycles. The molecule has 1 aromatic rings. The van der Waals surface area contributed by atoms with Gasteiger partial charge in [-0.15, -0.1) is 0 Å². The summed E-state index contributed by atoms with van der Waals surface area (Å²) in [5.74, 6) is 0.503. The third-order valence-corrected chi connectivity index (χ3v) is 3.00. The quantitative estimate of drug-likeness (QED) is 0.771. The zero-order valence-corrected chi connectivity index (χ0v) is 11.3. The Bertz CT molecular complexity index is 354. The number of nitrogens with zero attached hydrogens (tertiary/aromatic N) is 1. The zero-order valence-electron chi connectivity index (χ0n) is 11.3. The van der Waals surface area contributed by atoms with Crippen LogP contribution in [0.25, 0.3) is 0 Å². The van der Waals surface area contributed by atoms with Gasteiger partial charge in [-0.05, 0) is 49.8 Å². The highest BCUT2D eigenvalue weighted by atomic mass is 19.1. The molecule has 0 aliphatic heterocycles. The SMILES string of the molecule is CCN(CC)CCOc1ccc(F)cc1CCN. The van der Waals surface area contributed by atoms with Gasteiger partial charge in [0.2, 0.25) is 0 Å². The van der Waals surface area contributed by atoms with Crippen molar-refractivity contribution >= 4 is 0 Å². The Kier molecular flexibility index (Phi) is 6.68. The third-order valence-electron chi connectivity index (χ3n) is 3.00. The van der Waals surface area contributed by atoms with Gasteiger partial charge in [0.25, 0.3) is 0 Å². The van der Waals surface area contributed by atoms with Crippen LogP contribution < -0.4 is 10.5 Å². The van der Waals surface area contributed by atoms with E-state index in [0.29, 0.717) is 19.6 Å². The van der Waals surface area contributed by atoms with E-state index in [1.54, 1.807) is 6.07 Å². The molecule has 0 fully saturated rings. The van der Waals surface area contributed by atoms with Crippen LogP contribution in [-0.4, -0.2) is 37.7 Å². The van der Waals surface area contributed by atoms with Crippen molar-refractivity contribution in [1.82, 2.24) is 4.90 Å². The Labute approximate surface area is 109 Å². The number of ether oxygens (including phenoxy) is 1. The van der Waals surface area contributed by atoms with Crippen LogP contribution in [0.1, 0.15) is 19.4 Å². The number of likely N-dealkylation sites (N-methyl/N-ethyl adjacent to an activating group) is 1. The van der Waals surface area contributed by atoms with E-state index < -0.39 is 0 Å². The summed E-state index contributed by atoms with van der Waals surface area (Å²) in [5, 5.41) is 0. The number of nitrogens with two attached hydrogens (primary N) is 1. The molecule has 0 spiro atoms. The van der Waals surface area contributed by atoms with Crippen molar-refractivity contribution in [3.63, 3.8) is 0 Å². The fourth-order valence-corrected chi connectivity index (χ4v) is 1.86. The predicted octanol–water partition coefficient (Wildman–Crippen LogP) is 2.05. The van der Waals surface area contributed by atoms with Crippen LogP contribution in [0.2, 0.25) is 0 Å². The molecule has 18 heavy (non-hydrogen) atoms. The Morgan fingerprint density at radius 1 is 1.28 bits per heavy atom. The molecule has 1 rings (SSSR count). The zero-order chi connectivity index (χ0) is 13.4. The first-order chi connectivity index (χ1) is 8.71. The highest BCUT2D eigenvalue weighted by Crippen LogP contribution is 2.20. The molecule has 0 aromatic heterocycles. The molecule has 0 aliphatic carbocycles. The molecule has 0 saturated heterocycles. The van der Waals surface area contributed by atoms with Crippen molar-refractivity contribution in [1.29, 1.82) is 0 Å². The molecule has 4 heteroatoms. The third kappa shape index (κ3) is 4.63. The topological polar surface area (TPSA) is 38.5 Å². The van der Waals surface area contributed by atoms with Crippen LogP contribution in [0, 0.1) is 5.82 Å². The van der Waals surface area contributed by atoms with E-state index in [9.17, 15) is 4.39 Å². The monoisotopic (exact) mass is 254 g/mol. The van der Waals surface area contributed by atoms with Crippen LogP contribution in [0.4, 0.5) is 4.39 Å². The van der Waals surface area contributed by atoms with Gasteiger partial charge in [-0.3, -0.25) is 0 Å². The highest BCUT2D eigenvalue weighted by molar-refractivity contribution is 5.34. The minimum Gasteiger partial charge on any atom is -0.492 e. The first-order valence-electron chi connectivity index (χ1n) is 6.54. The van der Waals surface area contributed by atoms with Crippen molar-refractivity contribution in [2.45, 2.75) is 20.3 Å². The maximum atomic E-state index is 13.1. The molecule has 2 N–H and O–H groups in total. The van der Waals surface area contributed by atoms with Crippen molar-refractivity contribution in [2.75, 3.05) is 32.8 Å². The van der Waals surface area contributed by atoms with Gasteiger partial charge >= 0.3 is 0 Å². The van der Waals surface area contributed by atoms with E-state index in [-0.39, 0.29) is 5.82 Å². The van der Waals surface area contributed by atoms with E-state index in [1.807, 2.05) is 0 Å². The maximum Gasteiger partial charge on any atom is 0.123 e. The maximum absolute atomic E-state index is 13.1. The lowest BCUT2D eigenvalue weighted by Crippen LogP contribution is -2.28. The molecule has 3 nitrogen and oxygen atoms in total. The van der Waals surface area contributed by atoms with Crippen LogP contribution >= 0.6 is 0 Å². The molecular formula is C14H23FN2O. The van der Waals surface area contributed by atoms with Gasteiger partial charge in [0.15, 0.2) is 0 Å². The number of halogens is 1. The summed E-state index contributed by atoms with van der Waals surface area (Å²) < 4.78 is 18.8. The highest BCUT2D eigenvalue weighted by Gasteiger charge is 2.06. The summed E-state index contributed by atoms with van der Waals surface area (Å²) in [6.45, 7) is 8.27. The van der Waals surface area contributed by atoms with E-state index in [4.69, 9.17) is 10.5 Å². The molecule has 0 bridgehead atoms. The normalized spacial score (nSPS) is 10.9. The van der Waals surface area contributed by atoms with Gasteiger partial charge in [0, 0.05) is 6.54 Å². The first-order valence-corrected chi connectivity index (χ1v) is 6.54. The second kappa shape index (κ2) is 8.06. The summed E-state index contributed by atoms with van der Waals surface area (Å²) in [4.78, 5) is 2.28. The number of rotatable bonds is 8. The molecule has 0 aliphatic rings. The molecule has 0 atom stereocenters. The predicted molar refractivity (Wildman–Crippen MR) is 72.4 cm³/mol. The van der Waals surface area contributed by atoms with Gasteiger partial charge in [0.05, 0.1) is 0 Å². The van der Waals surface area contributed by atoms with E-state index in [2.05, 4.69) is 18.7 Å². The Morgan fingerprint density at radius 2 is 2.00 bits per heavy atom. The summed E-state index contributed by atoms with van der Waals surface area (Å²) in [6.07, 6.45) is 0.637. The summed E-state index contributed by atoms with van der Waals surface area (Å²) in [5.41, 5.74) is 6.36. The molecule has 102 valence electrons. The summed E-state index contributed by atoms with van der Waals surface area (Å²) in [6, 6.07) is 4.61. The van der Waals surface area contributed by atoms with E-state index >= 15 is 0 Å². The van der Waals surface area contributed by atoms with Gasteiger partial charge in [-0.1, -0.05) is 13.8 Å². The Hall–Kier alpha value is -1.13.